The van der Waals surface area contributed by atoms with Crippen LogP contribution in [0.15, 0.2) is 30.3 Å². The van der Waals surface area contributed by atoms with E-state index in [2.05, 4.69) is 5.32 Å². The number of nitrogens with one attached hydrogen (secondary N) is 1. The molecule has 0 saturated heterocycles. The number of rotatable bonds is 4. The molecule has 1 atom stereocenters. The molecular weight excluding hydrogens is 385 g/mol. The van der Waals surface area contributed by atoms with Crippen LogP contribution in [-0.4, -0.2) is 18.0 Å². The van der Waals surface area contributed by atoms with Crippen molar-refractivity contribution in [3.8, 4) is 0 Å². The molecule has 0 aromatic heterocycles. The first-order valence-corrected chi connectivity index (χ1v) is 8.56. The Hall–Kier alpha value is -1.75. The van der Waals surface area contributed by atoms with E-state index in [9.17, 15) is 9.59 Å². The molecule has 0 heterocycles. The van der Waals surface area contributed by atoms with Crippen molar-refractivity contribution in [3.05, 3.63) is 62.1 Å². The number of ether oxygens (including phenoxy) is 1. The van der Waals surface area contributed by atoms with Gasteiger partial charge in [0.05, 0.1) is 21.3 Å². The molecule has 1 N–H and O–H groups in total. The van der Waals surface area contributed by atoms with Gasteiger partial charge in [-0.2, -0.15) is 0 Å². The molecule has 0 aliphatic heterocycles. The third kappa shape index (κ3) is 4.66. The smallest absolute Gasteiger partial charge is 0.339 e. The molecule has 1 amide bonds. The first-order valence-electron chi connectivity index (χ1n) is 7.43. The molecule has 0 aliphatic carbocycles. The maximum absolute atomic E-state index is 12.3. The minimum atomic E-state index is -1.03. The minimum Gasteiger partial charge on any atom is -0.449 e. The summed E-state index contributed by atoms with van der Waals surface area (Å²) in [4.78, 5) is 24.6. The molecule has 2 aromatic carbocycles. The molecule has 2 aromatic rings. The van der Waals surface area contributed by atoms with Gasteiger partial charge in [0.15, 0.2) is 6.10 Å². The van der Waals surface area contributed by atoms with Crippen molar-refractivity contribution < 1.29 is 14.3 Å². The molecule has 7 heteroatoms. The van der Waals surface area contributed by atoms with Gasteiger partial charge in [0.25, 0.3) is 5.91 Å². The average molecular weight is 401 g/mol. The highest BCUT2D eigenvalue weighted by Gasteiger charge is 2.22. The lowest BCUT2D eigenvalue weighted by atomic mass is 10.0. The highest BCUT2D eigenvalue weighted by atomic mass is 35.5. The maximum atomic E-state index is 12.3. The van der Waals surface area contributed by atoms with E-state index in [4.69, 9.17) is 39.5 Å². The Kier molecular flexibility index (Phi) is 6.33. The lowest BCUT2D eigenvalue weighted by Gasteiger charge is -2.16. The number of carbonyl (C=O) groups excluding carboxylic acids is 2. The fraction of sp³-hybridized carbons (Fsp3) is 0.222. The second-order valence-corrected chi connectivity index (χ2v) is 6.78. The van der Waals surface area contributed by atoms with Crippen LogP contribution in [0.2, 0.25) is 15.1 Å². The number of esters is 1. The fourth-order valence-corrected chi connectivity index (χ4v) is 3.05. The topological polar surface area (TPSA) is 55.4 Å². The highest BCUT2D eigenvalue weighted by Crippen LogP contribution is 2.33. The number of benzene rings is 2. The molecule has 0 saturated carbocycles. The zero-order chi connectivity index (χ0) is 18.7. The van der Waals surface area contributed by atoms with Crippen LogP contribution in [-0.2, 0) is 9.53 Å². The number of aryl methyl sites for hydroxylation is 1. The van der Waals surface area contributed by atoms with Crippen LogP contribution in [0.25, 0.3) is 0 Å². The molecule has 0 radical (unpaired) electrons. The zero-order valence-corrected chi connectivity index (χ0v) is 16.1. The van der Waals surface area contributed by atoms with Gasteiger partial charge in [0, 0.05) is 5.02 Å². The molecule has 0 aliphatic rings. The summed E-state index contributed by atoms with van der Waals surface area (Å²) in [7, 11) is 0. The monoisotopic (exact) mass is 399 g/mol. The van der Waals surface area contributed by atoms with E-state index < -0.39 is 18.0 Å². The van der Waals surface area contributed by atoms with Gasteiger partial charge in [0.1, 0.15) is 0 Å². The molecule has 0 bridgehead atoms. The van der Waals surface area contributed by atoms with Crippen molar-refractivity contribution in [2.75, 3.05) is 5.32 Å². The van der Waals surface area contributed by atoms with E-state index >= 15 is 0 Å². The largest absolute Gasteiger partial charge is 0.449 e. The predicted octanol–water partition coefficient (Wildman–Crippen LogP) is 5.45. The highest BCUT2D eigenvalue weighted by molar-refractivity contribution is 6.42. The first-order chi connectivity index (χ1) is 11.7. The summed E-state index contributed by atoms with van der Waals surface area (Å²) in [6.07, 6.45) is -1.03. The van der Waals surface area contributed by atoms with Crippen LogP contribution in [0.3, 0.4) is 0 Å². The molecule has 0 unspecified atom stereocenters. The van der Waals surface area contributed by atoms with Crippen LogP contribution in [0.5, 0.6) is 0 Å². The number of carbonyl (C=O) groups is 2. The van der Waals surface area contributed by atoms with E-state index in [1.807, 2.05) is 19.9 Å². The number of halogens is 3. The third-order valence-corrected chi connectivity index (χ3v) is 4.55. The van der Waals surface area contributed by atoms with Gasteiger partial charge < -0.3 is 10.1 Å². The lowest BCUT2D eigenvalue weighted by Crippen LogP contribution is -2.30. The van der Waals surface area contributed by atoms with E-state index in [0.717, 1.165) is 11.1 Å². The number of anilines is 1. The van der Waals surface area contributed by atoms with Crippen molar-refractivity contribution in [3.63, 3.8) is 0 Å². The van der Waals surface area contributed by atoms with Crippen LogP contribution in [0, 0.1) is 13.8 Å². The van der Waals surface area contributed by atoms with E-state index in [1.165, 1.54) is 19.1 Å². The Morgan fingerprint density at radius 2 is 1.68 bits per heavy atom. The lowest BCUT2D eigenvalue weighted by molar-refractivity contribution is -0.123. The van der Waals surface area contributed by atoms with Crippen LogP contribution < -0.4 is 5.32 Å². The maximum Gasteiger partial charge on any atom is 0.339 e. The van der Waals surface area contributed by atoms with Gasteiger partial charge >= 0.3 is 5.97 Å². The third-order valence-electron chi connectivity index (χ3n) is 3.73. The standard InChI is InChI=1S/C18H16Cl3NO3/c1-9-5-4-6-13(10(9)2)18(24)25-11(3)17(23)22-16-14(20)7-12(19)8-15(16)21/h4-8,11H,1-3H3,(H,22,23)/t11-/m0/s1. The average Bonchev–Trinajstić information content (AvgIpc) is 2.52. The second-order valence-electron chi connectivity index (χ2n) is 5.53. The summed E-state index contributed by atoms with van der Waals surface area (Å²) in [5.74, 6) is -1.12. The predicted molar refractivity (Wildman–Crippen MR) is 101 cm³/mol. The van der Waals surface area contributed by atoms with Gasteiger partial charge in [-0.25, -0.2) is 4.79 Å². The Bertz CT molecular complexity index is 813. The summed E-state index contributed by atoms with van der Waals surface area (Å²) >= 11 is 17.9. The van der Waals surface area contributed by atoms with E-state index in [-0.39, 0.29) is 15.7 Å². The van der Waals surface area contributed by atoms with Gasteiger partial charge in [-0.05, 0) is 50.1 Å². The Morgan fingerprint density at radius 1 is 1.08 bits per heavy atom. The molecule has 4 nitrogen and oxygen atoms in total. The normalized spacial score (nSPS) is 11.8. The van der Waals surface area contributed by atoms with E-state index in [1.54, 1.807) is 12.1 Å². The van der Waals surface area contributed by atoms with Crippen molar-refractivity contribution >= 4 is 52.4 Å². The van der Waals surface area contributed by atoms with Crippen LogP contribution in [0.1, 0.15) is 28.4 Å². The molecule has 132 valence electrons. The van der Waals surface area contributed by atoms with Crippen molar-refractivity contribution in [1.29, 1.82) is 0 Å². The quantitative estimate of drug-likeness (QED) is 0.694. The molecule has 2 rings (SSSR count). The van der Waals surface area contributed by atoms with Crippen LogP contribution >= 0.6 is 34.8 Å². The van der Waals surface area contributed by atoms with Gasteiger partial charge in [0.2, 0.25) is 0 Å². The van der Waals surface area contributed by atoms with Crippen molar-refractivity contribution in [2.45, 2.75) is 26.9 Å². The molecule has 25 heavy (non-hydrogen) atoms. The van der Waals surface area contributed by atoms with Crippen molar-refractivity contribution in [2.24, 2.45) is 0 Å². The molecular formula is C18H16Cl3NO3. The summed E-state index contributed by atoms with van der Waals surface area (Å²) in [6.45, 7) is 5.19. The Balaban J connectivity index is 2.11. The van der Waals surface area contributed by atoms with Crippen LogP contribution in [0.4, 0.5) is 5.69 Å². The Morgan fingerprint density at radius 3 is 2.28 bits per heavy atom. The number of hydrogen-bond acceptors (Lipinski definition) is 3. The summed E-state index contributed by atoms with van der Waals surface area (Å²) in [5.41, 5.74) is 2.41. The van der Waals surface area contributed by atoms with Gasteiger partial charge in [-0.3, -0.25) is 4.79 Å². The SMILES string of the molecule is Cc1cccc(C(=O)O[C@@H](C)C(=O)Nc2c(Cl)cc(Cl)cc2Cl)c1C. The van der Waals surface area contributed by atoms with E-state index in [0.29, 0.717) is 10.6 Å². The second kappa shape index (κ2) is 8.09. The first kappa shape index (κ1) is 19.6. The van der Waals surface area contributed by atoms with Gasteiger partial charge in [-0.1, -0.05) is 46.9 Å². The number of hydrogen-bond donors (Lipinski definition) is 1. The fourth-order valence-electron chi connectivity index (χ4n) is 2.14. The molecule has 0 fully saturated rings. The summed E-state index contributed by atoms with van der Waals surface area (Å²) in [5, 5.41) is 3.29. The van der Waals surface area contributed by atoms with Gasteiger partial charge in [-0.15, -0.1) is 0 Å². The minimum absolute atomic E-state index is 0.193. The van der Waals surface area contributed by atoms with Crippen molar-refractivity contribution in [1.82, 2.24) is 0 Å². The number of amides is 1. The summed E-state index contributed by atoms with van der Waals surface area (Å²) in [6, 6.07) is 8.22. The zero-order valence-electron chi connectivity index (χ0n) is 13.8. The Labute approximate surface area is 161 Å². The summed E-state index contributed by atoms with van der Waals surface area (Å²) < 4.78 is 5.25. The molecule has 0 spiro atoms.